The fourth-order valence-electron chi connectivity index (χ4n) is 4.34. The number of fused-ring (bicyclic) bond motifs is 1. The van der Waals surface area contributed by atoms with E-state index in [2.05, 4.69) is 44.2 Å². The van der Waals surface area contributed by atoms with E-state index < -0.39 is 0 Å². The summed E-state index contributed by atoms with van der Waals surface area (Å²) in [5.41, 5.74) is 5.12. The van der Waals surface area contributed by atoms with Crippen LogP contribution in [0.2, 0.25) is 0 Å². The molecule has 2 aromatic carbocycles. The van der Waals surface area contributed by atoms with Crippen molar-refractivity contribution in [2.75, 3.05) is 18.4 Å². The lowest BCUT2D eigenvalue weighted by atomic mass is 9.91. The third kappa shape index (κ3) is 4.25. The molecule has 8 nitrogen and oxygen atoms in total. The van der Waals surface area contributed by atoms with E-state index in [0.29, 0.717) is 24.3 Å². The molecule has 0 radical (unpaired) electrons. The number of benzene rings is 2. The molecule has 34 heavy (non-hydrogen) atoms. The molecule has 0 bridgehead atoms. The number of hydrogen-bond acceptors (Lipinski definition) is 6. The molecule has 0 saturated carbocycles. The van der Waals surface area contributed by atoms with Gasteiger partial charge in [0.25, 0.3) is 5.91 Å². The number of rotatable bonds is 5. The SMILES string of the molecule is C=CC(=O)N1CCC(c2cc(-c3ccc(C(=O)Nc4ccnnc4)cc3)cc3cncnc23)C1. The Balaban J connectivity index is 1.44. The van der Waals surface area contributed by atoms with Crippen LogP contribution in [-0.2, 0) is 4.79 Å². The van der Waals surface area contributed by atoms with Crippen molar-refractivity contribution < 1.29 is 9.59 Å². The van der Waals surface area contributed by atoms with Gasteiger partial charge in [0.15, 0.2) is 0 Å². The Morgan fingerprint density at radius 1 is 1.06 bits per heavy atom. The molecule has 1 aliphatic rings. The molecule has 1 N–H and O–H groups in total. The van der Waals surface area contributed by atoms with Gasteiger partial charge in [-0.3, -0.25) is 9.59 Å². The molecule has 4 aromatic rings. The summed E-state index contributed by atoms with van der Waals surface area (Å²) >= 11 is 0. The van der Waals surface area contributed by atoms with Crippen LogP contribution >= 0.6 is 0 Å². The molecule has 1 unspecified atom stereocenters. The first-order valence-corrected chi connectivity index (χ1v) is 11.0. The fraction of sp³-hybridized carbons (Fsp3) is 0.154. The van der Waals surface area contributed by atoms with E-state index in [9.17, 15) is 9.59 Å². The zero-order valence-corrected chi connectivity index (χ0v) is 18.4. The summed E-state index contributed by atoms with van der Waals surface area (Å²) in [6.45, 7) is 4.94. The third-order valence-corrected chi connectivity index (χ3v) is 6.07. The summed E-state index contributed by atoms with van der Waals surface area (Å²) in [6.07, 6.45) is 8.61. The van der Waals surface area contributed by atoms with Crippen LogP contribution in [0.4, 0.5) is 5.69 Å². The van der Waals surface area contributed by atoms with E-state index in [1.54, 1.807) is 24.5 Å². The average molecular weight is 451 g/mol. The quantitative estimate of drug-likeness (QED) is 0.464. The maximum atomic E-state index is 12.6. The van der Waals surface area contributed by atoms with Crippen molar-refractivity contribution >= 4 is 28.4 Å². The van der Waals surface area contributed by atoms with Crippen molar-refractivity contribution in [1.82, 2.24) is 25.1 Å². The van der Waals surface area contributed by atoms with E-state index in [0.717, 1.165) is 34.0 Å². The molecule has 0 spiro atoms. The van der Waals surface area contributed by atoms with Crippen LogP contribution in [0.3, 0.4) is 0 Å². The van der Waals surface area contributed by atoms with Crippen molar-refractivity contribution in [3.05, 3.63) is 91.2 Å². The Morgan fingerprint density at radius 3 is 2.68 bits per heavy atom. The Bertz CT molecular complexity index is 1370. The highest BCUT2D eigenvalue weighted by molar-refractivity contribution is 6.04. The van der Waals surface area contributed by atoms with Gasteiger partial charge in [0, 0.05) is 36.2 Å². The predicted molar refractivity (Wildman–Crippen MR) is 129 cm³/mol. The highest BCUT2D eigenvalue weighted by Gasteiger charge is 2.28. The Hall–Kier alpha value is -4.46. The van der Waals surface area contributed by atoms with Gasteiger partial charge >= 0.3 is 0 Å². The minimum atomic E-state index is -0.218. The van der Waals surface area contributed by atoms with Crippen LogP contribution in [0.15, 0.2) is 80.0 Å². The maximum Gasteiger partial charge on any atom is 0.255 e. The number of likely N-dealkylation sites (tertiary alicyclic amines) is 1. The number of nitrogens with one attached hydrogen (secondary N) is 1. The fourth-order valence-corrected chi connectivity index (χ4v) is 4.34. The van der Waals surface area contributed by atoms with E-state index >= 15 is 0 Å². The summed E-state index contributed by atoms with van der Waals surface area (Å²) in [4.78, 5) is 35.2. The van der Waals surface area contributed by atoms with Crippen molar-refractivity contribution in [3.8, 4) is 11.1 Å². The zero-order chi connectivity index (χ0) is 23.5. The van der Waals surface area contributed by atoms with Gasteiger partial charge in [0.05, 0.1) is 23.6 Å². The lowest BCUT2D eigenvalue weighted by Crippen LogP contribution is -2.26. The van der Waals surface area contributed by atoms with Crippen molar-refractivity contribution in [1.29, 1.82) is 0 Å². The maximum absolute atomic E-state index is 12.6. The van der Waals surface area contributed by atoms with E-state index in [1.165, 1.54) is 18.5 Å². The lowest BCUT2D eigenvalue weighted by Gasteiger charge is -2.17. The number of aromatic nitrogens is 4. The summed E-state index contributed by atoms with van der Waals surface area (Å²) in [5, 5.41) is 11.2. The first-order chi connectivity index (χ1) is 16.6. The molecule has 1 fully saturated rings. The van der Waals surface area contributed by atoms with Gasteiger partial charge in [0.2, 0.25) is 5.91 Å². The smallest absolute Gasteiger partial charge is 0.255 e. The van der Waals surface area contributed by atoms with Gasteiger partial charge in [-0.15, -0.1) is 0 Å². The molecular formula is C26H22N6O2. The highest BCUT2D eigenvalue weighted by Crippen LogP contribution is 2.35. The van der Waals surface area contributed by atoms with Crippen LogP contribution < -0.4 is 5.32 Å². The lowest BCUT2D eigenvalue weighted by molar-refractivity contribution is -0.125. The predicted octanol–water partition coefficient (Wildman–Crippen LogP) is 3.84. The highest BCUT2D eigenvalue weighted by atomic mass is 16.2. The first kappa shape index (κ1) is 21.4. The molecule has 5 rings (SSSR count). The van der Waals surface area contributed by atoms with E-state index in [4.69, 9.17) is 0 Å². The zero-order valence-electron chi connectivity index (χ0n) is 18.4. The molecule has 0 aliphatic carbocycles. The summed E-state index contributed by atoms with van der Waals surface area (Å²) in [5.74, 6) is -0.0839. The van der Waals surface area contributed by atoms with Crippen molar-refractivity contribution in [2.24, 2.45) is 0 Å². The van der Waals surface area contributed by atoms with Gasteiger partial charge in [-0.25, -0.2) is 9.97 Å². The first-order valence-electron chi connectivity index (χ1n) is 11.0. The Kier molecular flexibility index (Phi) is 5.78. The number of nitrogens with zero attached hydrogens (tertiary/aromatic N) is 5. The molecule has 3 heterocycles. The second-order valence-corrected chi connectivity index (χ2v) is 8.16. The van der Waals surface area contributed by atoms with Crippen molar-refractivity contribution in [3.63, 3.8) is 0 Å². The molecule has 168 valence electrons. The number of carbonyl (C=O) groups excluding carboxylic acids is 2. The van der Waals surface area contributed by atoms with Gasteiger partial charge in [-0.05, 0) is 59.5 Å². The molecule has 2 amide bonds. The van der Waals surface area contributed by atoms with Crippen LogP contribution in [0, 0.1) is 0 Å². The Labute approximate surface area is 196 Å². The second-order valence-electron chi connectivity index (χ2n) is 8.16. The molecule has 8 heteroatoms. The topological polar surface area (TPSA) is 101 Å². The average Bonchev–Trinajstić information content (AvgIpc) is 3.38. The largest absolute Gasteiger partial charge is 0.339 e. The van der Waals surface area contributed by atoms with Crippen molar-refractivity contribution in [2.45, 2.75) is 12.3 Å². The minimum Gasteiger partial charge on any atom is -0.339 e. The second kappa shape index (κ2) is 9.19. The molecular weight excluding hydrogens is 428 g/mol. The van der Waals surface area contributed by atoms with Gasteiger partial charge in [0.1, 0.15) is 6.33 Å². The van der Waals surface area contributed by atoms with Crippen LogP contribution in [0.5, 0.6) is 0 Å². The monoisotopic (exact) mass is 450 g/mol. The van der Waals surface area contributed by atoms with E-state index in [-0.39, 0.29) is 17.7 Å². The van der Waals surface area contributed by atoms with Crippen LogP contribution in [0.25, 0.3) is 22.0 Å². The van der Waals surface area contributed by atoms with Gasteiger partial charge in [-0.2, -0.15) is 10.2 Å². The van der Waals surface area contributed by atoms with Crippen LogP contribution in [0.1, 0.15) is 28.3 Å². The normalized spacial score (nSPS) is 15.3. The van der Waals surface area contributed by atoms with E-state index in [1.807, 2.05) is 23.2 Å². The van der Waals surface area contributed by atoms with Crippen LogP contribution in [-0.4, -0.2) is 50.0 Å². The molecule has 1 aliphatic heterocycles. The van der Waals surface area contributed by atoms with Gasteiger partial charge in [-0.1, -0.05) is 18.7 Å². The molecule has 1 saturated heterocycles. The number of hydrogen-bond donors (Lipinski definition) is 1. The summed E-state index contributed by atoms with van der Waals surface area (Å²) in [6, 6.07) is 13.3. The standard InChI is InChI=1S/C26H22N6O2/c1-2-24(33)32-10-8-19(15-32)23-12-20(11-21-13-27-16-28-25(21)23)17-3-5-18(6-4-17)26(34)31-22-7-9-29-30-14-22/h2-7,9,11-14,16,19H,1,8,10,15H2,(H,29,31,34). The third-order valence-electron chi connectivity index (χ3n) is 6.07. The minimum absolute atomic E-state index is 0.0472. The van der Waals surface area contributed by atoms with Gasteiger partial charge < -0.3 is 10.2 Å². The molecule has 2 aromatic heterocycles. The number of carbonyl (C=O) groups is 2. The number of anilines is 1. The summed E-state index contributed by atoms with van der Waals surface area (Å²) < 4.78 is 0. The number of amides is 2. The summed E-state index contributed by atoms with van der Waals surface area (Å²) in [7, 11) is 0. The molecule has 1 atom stereocenters. The Morgan fingerprint density at radius 2 is 1.91 bits per heavy atom.